The molecule has 0 saturated heterocycles. The molecule has 0 aliphatic heterocycles. The lowest BCUT2D eigenvalue weighted by molar-refractivity contribution is 0.187. The van der Waals surface area contributed by atoms with Gasteiger partial charge in [0.2, 0.25) is 0 Å². The molecule has 62 valence electrons. The van der Waals surface area contributed by atoms with E-state index in [0.29, 0.717) is 12.0 Å². The fourth-order valence-electron chi connectivity index (χ4n) is 1.51. The first-order chi connectivity index (χ1) is 4.48. The smallest absolute Gasteiger partial charge is 0.0436 e. The number of aliphatic hydroxyl groups excluding tert-OH is 1. The van der Waals surface area contributed by atoms with E-state index in [-0.39, 0.29) is 0 Å². The van der Waals surface area contributed by atoms with E-state index in [4.69, 9.17) is 5.11 Å². The summed E-state index contributed by atoms with van der Waals surface area (Å²) < 4.78 is 0. The third-order valence-electron chi connectivity index (χ3n) is 1.75. The van der Waals surface area contributed by atoms with Crippen molar-refractivity contribution in [3.8, 4) is 0 Å². The zero-order valence-electron chi connectivity index (χ0n) is 7.65. The van der Waals surface area contributed by atoms with Crippen LogP contribution in [0.3, 0.4) is 0 Å². The van der Waals surface area contributed by atoms with Crippen LogP contribution in [0, 0.1) is 11.3 Å². The molecule has 0 fully saturated rings. The van der Waals surface area contributed by atoms with E-state index in [1.165, 1.54) is 6.42 Å². The number of rotatable bonds is 4. The Bertz CT molecular complexity index is 84.7. The molecule has 1 N–H and O–H groups in total. The predicted octanol–water partition coefficient (Wildman–Crippen LogP) is 2.44. The van der Waals surface area contributed by atoms with Crippen LogP contribution in [0.25, 0.3) is 0 Å². The molecular weight excluding hydrogens is 124 g/mol. The van der Waals surface area contributed by atoms with Gasteiger partial charge in [-0.25, -0.2) is 0 Å². The zero-order valence-corrected chi connectivity index (χ0v) is 7.65. The predicted molar refractivity (Wildman–Crippen MR) is 44.9 cm³/mol. The van der Waals surface area contributed by atoms with Crippen molar-refractivity contribution in [2.24, 2.45) is 11.3 Å². The maximum absolute atomic E-state index is 8.71. The van der Waals surface area contributed by atoms with Gasteiger partial charge in [0.05, 0.1) is 0 Å². The van der Waals surface area contributed by atoms with Gasteiger partial charge in [-0.3, -0.25) is 0 Å². The summed E-state index contributed by atoms with van der Waals surface area (Å²) in [6.07, 6.45) is 2.12. The Balaban J connectivity index is 3.63. The maximum atomic E-state index is 8.71. The lowest BCUT2D eigenvalue weighted by Crippen LogP contribution is -2.15. The average molecular weight is 144 g/mol. The molecular formula is C9H20O. The molecule has 0 aliphatic rings. The van der Waals surface area contributed by atoms with Crippen molar-refractivity contribution in [1.29, 1.82) is 0 Å². The Hall–Kier alpha value is -0.0400. The highest BCUT2D eigenvalue weighted by Gasteiger charge is 2.17. The van der Waals surface area contributed by atoms with Crippen molar-refractivity contribution < 1.29 is 5.11 Å². The Morgan fingerprint density at radius 2 is 1.80 bits per heavy atom. The summed E-state index contributed by atoms with van der Waals surface area (Å²) in [4.78, 5) is 0. The molecule has 0 aromatic carbocycles. The fourth-order valence-corrected chi connectivity index (χ4v) is 1.51. The van der Waals surface area contributed by atoms with Crippen molar-refractivity contribution in [2.45, 2.75) is 40.5 Å². The summed E-state index contributed by atoms with van der Waals surface area (Å²) in [6, 6.07) is 0. The second-order valence-corrected chi connectivity index (χ2v) is 4.24. The molecule has 0 aromatic heterocycles. The van der Waals surface area contributed by atoms with Crippen LogP contribution in [0.1, 0.15) is 40.5 Å². The van der Waals surface area contributed by atoms with Crippen LogP contribution in [-0.4, -0.2) is 11.7 Å². The van der Waals surface area contributed by atoms with E-state index >= 15 is 0 Å². The molecule has 0 aliphatic carbocycles. The number of hydrogen-bond acceptors (Lipinski definition) is 1. The molecule has 1 heteroatoms. The standard InChI is InChI=1S/C9H20O/c1-8(2)7-9(3,4)5-6-10/h8,10H,5-7H2,1-4H3. The van der Waals surface area contributed by atoms with Gasteiger partial charge in [-0.15, -0.1) is 0 Å². The minimum atomic E-state index is 0.319. The molecule has 10 heavy (non-hydrogen) atoms. The van der Waals surface area contributed by atoms with E-state index in [1.54, 1.807) is 0 Å². The van der Waals surface area contributed by atoms with Gasteiger partial charge in [0, 0.05) is 6.61 Å². The summed E-state index contributed by atoms with van der Waals surface area (Å²) in [5.41, 5.74) is 0.322. The Morgan fingerprint density at radius 1 is 1.30 bits per heavy atom. The van der Waals surface area contributed by atoms with E-state index < -0.39 is 0 Å². The quantitative estimate of drug-likeness (QED) is 0.642. The van der Waals surface area contributed by atoms with Crippen LogP contribution < -0.4 is 0 Å². The number of aliphatic hydroxyl groups is 1. The second-order valence-electron chi connectivity index (χ2n) is 4.24. The van der Waals surface area contributed by atoms with Crippen LogP contribution in [0.4, 0.5) is 0 Å². The lowest BCUT2D eigenvalue weighted by atomic mass is 9.81. The Kier molecular flexibility index (Phi) is 3.95. The summed E-state index contributed by atoms with van der Waals surface area (Å²) >= 11 is 0. The zero-order chi connectivity index (χ0) is 8.20. The molecule has 0 aromatic rings. The van der Waals surface area contributed by atoms with Crippen molar-refractivity contribution in [2.75, 3.05) is 6.61 Å². The first-order valence-electron chi connectivity index (χ1n) is 4.09. The monoisotopic (exact) mass is 144 g/mol. The van der Waals surface area contributed by atoms with Gasteiger partial charge >= 0.3 is 0 Å². The van der Waals surface area contributed by atoms with Gasteiger partial charge in [-0.2, -0.15) is 0 Å². The molecule has 0 amide bonds. The van der Waals surface area contributed by atoms with Crippen molar-refractivity contribution >= 4 is 0 Å². The van der Waals surface area contributed by atoms with Crippen molar-refractivity contribution in [1.82, 2.24) is 0 Å². The van der Waals surface area contributed by atoms with E-state index in [9.17, 15) is 0 Å². The fraction of sp³-hybridized carbons (Fsp3) is 1.00. The minimum absolute atomic E-state index is 0.319. The molecule has 0 spiro atoms. The third kappa shape index (κ3) is 4.80. The lowest BCUT2D eigenvalue weighted by Gasteiger charge is -2.25. The number of hydrogen-bond donors (Lipinski definition) is 1. The Labute approximate surface area is 64.5 Å². The van der Waals surface area contributed by atoms with E-state index in [1.807, 2.05) is 0 Å². The highest BCUT2D eigenvalue weighted by Crippen LogP contribution is 2.28. The van der Waals surface area contributed by atoms with Crippen LogP contribution >= 0.6 is 0 Å². The normalized spacial score (nSPS) is 12.6. The molecule has 0 radical (unpaired) electrons. The van der Waals surface area contributed by atoms with Gasteiger partial charge in [-0.1, -0.05) is 27.7 Å². The minimum Gasteiger partial charge on any atom is -0.396 e. The summed E-state index contributed by atoms with van der Waals surface area (Å²) in [5.74, 6) is 0.738. The molecule has 1 nitrogen and oxygen atoms in total. The van der Waals surface area contributed by atoms with Crippen LogP contribution in [-0.2, 0) is 0 Å². The highest BCUT2D eigenvalue weighted by molar-refractivity contribution is 4.69. The summed E-state index contributed by atoms with van der Waals surface area (Å²) in [6.45, 7) is 9.18. The van der Waals surface area contributed by atoms with Crippen molar-refractivity contribution in [3.05, 3.63) is 0 Å². The van der Waals surface area contributed by atoms with Gasteiger partial charge in [-0.05, 0) is 24.2 Å². The largest absolute Gasteiger partial charge is 0.396 e. The van der Waals surface area contributed by atoms with Crippen molar-refractivity contribution in [3.63, 3.8) is 0 Å². The van der Waals surface area contributed by atoms with Crippen LogP contribution in [0.2, 0.25) is 0 Å². The molecule has 0 atom stereocenters. The van der Waals surface area contributed by atoms with Gasteiger partial charge in [0.15, 0.2) is 0 Å². The topological polar surface area (TPSA) is 20.2 Å². The maximum Gasteiger partial charge on any atom is 0.0436 e. The first kappa shape index (κ1) is 9.96. The highest BCUT2D eigenvalue weighted by atomic mass is 16.3. The third-order valence-corrected chi connectivity index (χ3v) is 1.75. The Morgan fingerprint density at radius 3 is 2.10 bits per heavy atom. The van der Waals surface area contributed by atoms with E-state index in [2.05, 4.69) is 27.7 Å². The SMILES string of the molecule is CC(C)CC(C)(C)CCO. The van der Waals surface area contributed by atoms with E-state index in [0.717, 1.165) is 12.3 Å². The second kappa shape index (κ2) is 3.97. The first-order valence-corrected chi connectivity index (χ1v) is 4.09. The van der Waals surface area contributed by atoms with Gasteiger partial charge in [0.1, 0.15) is 0 Å². The molecule has 0 saturated carbocycles. The molecule has 0 bridgehead atoms. The summed E-state index contributed by atoms with van der Waals surface area (Å²) in [5, 5.41) is 8.71. The van der Waals surface area contributed by atoms with Gasteiger partial charge < -0.3 is 5.11 Å². The average Bonchev–Trinajstić information content (AvgIpc) is 1.59. The summed E-state index contributed by atoms with van der Waals surface area (Å²) in [7, 11) is 0. The molecule has 0 rings (SSSR count). The van der Waals surface area contributed by atoms with Gasteiger partial charge in [0.25, 0.3) is 0 Å². The molecule has 0 unspecified atom stereocenters. The molecule has 0 heterocycles. The van der Waals surface area contributed by atoms with Crippen LogP contribution in [0.15, 0.2) is 0 Å². The van der Waals surface area contributed by atoms with Crippen LogP contribution in [0.5, 0.6) is 0 Å².